The molecule has 2 aromatic rings. The molecule has 0 aromatic heterocycles. The van der Waals surface area contributed by atoms with Crippen LogP contribution in [0, 0.1) is 13.8 Å². The molecular formula is C17H19N. The van der Waals surface area contributed by atoms with E-state index >= 15 is 0 Å². The zero-order chi connectivity index (χ0) is 12.5. The minimum atomic E-state index is 1.10. The van der Waals surface area contributed by atoms with E-state index in [0.717, 1.165) is 6.54 Å². The predicted molar refractivity (Wildman–Crippen MR) is 78.2 cm³/mol. The number of hydrogen-bond donors (Lipinski definition) is 1. The predicted octanol–water partition coefficient (Wildman–Crippen LogP) is 4.33. The fraction of sp³-hybridized carbons (Fsp3) is 0.294. The highest BCUT2D eigenvalue weighted by Gasteiger charge is 2.13. The number of fused-ring (bicyclic) bond motifs is 1. The highest BCUT2D eigenvalue weighted by Crippen LogP contribution is 2.33. The summed E-state index contributed by atoms with van der Waals surface area (Å²) >= 11 is 0. The first-order valence-electron chi connectivity index (χ1n) is 6.69. The van der Waals surface area contributed by atoms with Crippen molar-refractivity contribution < 1.29 is 0 Å². The van der Waals surface area contributed by atoms with Gasteiger partial charge in [-0.15, -0.1) is 0 Å². The Labute approximate surface area is 109 Å². The number of rotatable bonds is 1. The van der Waals surface area contributed by atoms with Crippen molar-refractivity contribution in [3.63, 3.8) is 0 Å². The van der Waals surface area contributed by atoms with Gasteiger partial charge in [-0.25, -0.2) is 0 Å². The minimum absolute atomic E-state index is 1.10. The Balaban J connectivity index is 2.13. The van der Waals surface area contributed by atoms with E-state index in [9.17, 15) is 0 Å². The third kappa shape index (κ3) is 1.90. The van der Waals surface area contributed by atoms with Gasteiger partial charge in [0, 0.05) is 12.2 Å². The van der Waals surface area contributed by atoms with Crippen LogP contribution in [-0.2, 0) is 6.42 Å². The maximum Gasteiger partial charge on any atom is 0.0378 e. The van der Waals surface area contributed by atoms with Gasteiger partial charge in [0.1, 0.15) is 0 Å². The molecule has 1 heteroatoms. The number of aryl methyl sites for hydroxylation is 2. The fourth-order valence-corrected chi connectivity index (χ4v) is 2.69. The second-order valence-electron chi connectivity index (χ2n) is 5.16. The van der Waals surface area contributed by atoms with Crippen molar-refractivity contribution >= 4 is 5.69 Å². The topological polar surface area (TPSA) is 12.0 Å². The Hall–Kier alpha value is -1.76. The van der Waals surface area contributed by atoms with Crippen LogP contribution in [0.25, 0.3) is 11.1 Å². The van der Waals surface area contributed by atoms with Crippen LogP contribution in [0.15, 0.2) is 36.4 Å². The summed E-state index contributed by atoms with van der Waals surface area (Å²) in [7, 11) is 0. The molecule has 1 nitrogen and oxygen atoms in total. The zero-order valence-corrected chi connectivity index (χ0v) is 11.1. The van der Waals surface area contributed by atoms with Crippen LogP contribution in [0.5, 0.6) is 0 Å². The highest BCUT2D eigenvalue weighted by atomic mass is 14.9. The lowest BCUT2D eigenvalue weighted by molar-refractivity contribution is 0.832. The highest BCUT2D eigenvalue weighted by molar-refractivity contribution is 5.75. The first kappa shape index (κ1) is 11.3. The molecule has 1 aliphatic rings. The van der Waals surface area contributed by atoms with Crippen molar-refractivity contribution in [3.05, 3.63) is 53.1 Å². The fourth-order valence-electron chi connectivity index (χ4n) is 2.69. The number of anilines is 1. The first-order chi connectivity index (χ1) is 8.75. The largest absolute Gasteiger partial charge is 0.385 e. The third-order valence-corrected chi connectivity index (χ3v) is 3.91. The Morgan fingerprint density at radius 3 is 2.72 bits per heavy atom. The lowest BCUT2D eigenvalue weighted by Crippen LogP contribution is -2.12. The Kier molecular flexibility index (Phi) is 2.83. The lowest BCUT2D eigenvalue weighted by atomic mass is 9.92. The summed E-state index contributed by atoms with van der Waals surface area (Å²) in [6, 6.07) is 13.4. The minimum Gasteiger partial charge on any atom is -0.385 e. The Bertz CT molecular complexity index is 584. The van der Waals surface area contributed by atoms with Crippen LogP contribution in [0.2, 0.25) is 0 Å². The van der Waals surface area contributed by atoms with Crippen LogP contribution in [0.1, 0.15) is 23.1 Å². The van der Waals surface area contributed by atoms with Gasteiger partial charge < -0.3 is 5.32 Å². The molecule has 3 rings (SSSR count). The van der Waals surface area contributed by atoms with Crippen LogP contribution >= 0.6 is 0 Å². The van der Waals surface area contributed by atoms with E-state index in [1.165, 1.54) is 46.3 Å². The molecule has 0 saturated carbocycles. The lowest BCUT2D eigenvalue weighted by Gasteiger charge is -2.21. The van der Waals surface area contributed by atoms with Crippen molar-refractivity contribution in [1.82, 2.24) is 0 Å². The molecular weight excluding hydrogens is 218 g/mol. The van der Waals surface area contributed by atoms with Gasteiger partial charge in [-0.3, -0.25) is 0 Å². The molecule has 0 unspecified atom stereocenters. The quantitative estimate of drug-likeness (QED) is 0.778. The molecule has 0 atom stereocenters. The summed E-state index contributed by atoms with van der Waals surface area (Å²) in [4.78, 5) is 0. The molecule has 2 aromatic carbocycles. The average Bonchev–Trinajstić information content (AvgIpc) is 2.41. The second-order valence-corrected chi connectivity index (χ2v) is 5.16. The number of nitrogens with one attached hydrogen (secondary N) is 1. The molecule has 18 heavy (non-hydrogen) atoms. The molecule has 1 aliphatic heterocycles. The smallest absolute Gasteiger partial charge is 0.0378 e. The molecule has 0 bridgehead atoms. The number of hydrogen-bond acceptors (Lipinski definition) is 1. The van der Waals surface area contributed by atoms with Gasteiger partial charge in [0.25, 0.3) is 0 Å². The van der Waals surface area contributed by atoms with Gasteiger partial charge in [-0.1, -0.05) is 30.3 Å². The van der Waals surface area contributed by atoms with E-state index in [0.29, 0.717) is 0 Å². The van der Waals surface area contributed by atoms with Crippen molar-refractivity contribution in [2.75, 3.05) is 11.9 Å². The van der Waals surface area contributed by atoms with E-state index in [-0.39, 0.29) is 0 Å². The van der Waals surface area contributed by atoms with Crippen LogP contribution in [0.3, 0.4) is 0 Å². The van der Waals surface area contributed by atoms with E-state index in [1.807, 2.05) is 0 Å². The Morgan fingerprint density at radius 2 is 1.89 bits per heavy atom. The van der Waals surface area contributed by atoms with Crippen molar-refractivity contribution in [1.29, 1.82) is 0 Å². The molecule has 0 saturated heterocycles. The zero-order valence-electron chi connectivity index (χ0n) is 11.1. The van der Waals surface area contributed by atoms with Gasteiger partial charge >= 0.3 is 0 Å². The van der Waals surface area contributed by atoms with Crippen molar-refractivity contribution in [2.45, 2.75) is 26.7 Å². The first-order valence-corrected chi connectivity index (χ1v) is 6.69. The monoisotopic (exact) mass is 237 g/mol. The van der Waals surface area contributed by atoms with Crippen LogP contribution in [-0.4, -0.2) is 6.54 Å². The standard InChI is InChI=1S/C17H19N/c1-12-8-9-14(11-13(12)2)15-5-3-7-17-16(15)6-4-10-18-17/h3,5,7-9,11,18H,4,6,10H2,1-2H3. The second kappa shape index (κ2) is 4.49. The van der Waals surface area contributed by atoms with Crippen molar-refractivity contribution in [2.24, 2.45) is 0 Å². The van der Waals surface area contributed by atoms with Gasteiger partial charge in [0.15, 0.2) is 0 Å². The molecule has 1 heterocycles. The van der Waals surface area contributed by atoms with Gasteiger partial charge in [-0.05, 0) is 60.6 Å². The van der Waals surface area contributed by atoms with E-state index in [1.54, 1.807) is 0 Å². The van der Waals surface area contributed by atoms with Gasteiger partial charge in [0.05, 0.1) is 0 Å². The van der Waals surface area contributed by atoms with Gasteiger partial charge in [0.2, 0.25) is 0 Å². The van der Waals surface area contributed by atoms with Crippen LogP contribution in [0.4, 0.5) is 5.69 Å². The molecule has 0 spiro atoms. The maximum absolute atomic E-state index is 3.50. The summed E-state index contributed by atoms with van der Waals surface area (Å²) in [6.45, 7) is 5.46. The average molecular weight is 237 g/mol. The third-order valence-electron chi connectivity index (χ3n) is 3.91. The summed E-state index contributed by atoms with van der Waals surface area (Å²) < 4.78 is 0. The van der Waals surface area contributed by atoms with E-state index in [2.05, 4.69) is 55.6 Å². The molecule has 0 fully saturated rings. The molecule has 1 N–H and O–H groups in total. The molecule has 0 aliphatic carbocycles. The summed E-state index contributed by atoms with van der Waals surface area (Å²) in [6.07, 6.45) is 2.42. The SMILES string of the molecule is Cc1ccc(-c2cccc3c2CCCN3)cc1C. The summed E-state index contributed by atoms with van der Waals surface area (Å²) in [5, 5.41) is 3.50. The molecule has 92 valence electrons. The van der Waals surface area contributed by atoms with Crippen molar-refractivity contribution in [3.8, 4) is 11.1 Å². The molecule has 0 radical (unpaired) electrons. The normalized spacial score (nSPS) is 13.9. The summed E-state index contributed by atoms with van der Waals surface area (Å²) in [5.41, 5.74) is 8.26. The molecule has 0 amide bonds. The van der Waals surface area contributed by atoms with E-state index in [4.69, 9.17) is 0 Å². The van der Waals surface area contributed by atoms with E-state index < -0.39 is 0 Å². The summed E-state index contributed by atoms with van der Waals surface area (Å²) in [5.74, 6) is 0. The van der Waals surface area contributed by atoms with Gasteiger partial charge in [-0.2, -0.15) is 0 Å². The maximum atomic E-state index is 3.50. The van der Waals surface area contributed by atoms with Crippen LogP contribution < -0.4 is 5.32 Å². The number of benzene rings is 2. The Morgan fingerprint density at radius 1 is 1.00 bits per heavy atom.